The van der Waals surface area contributed by atoms with E-state index in [-0.39, 0.29) is 18.4 Å². The predicted octanol–water partition coefficient (Wildman–Crippen LogP) is 3.20. The number of carbonyl (C=O) groups is 2. The number of rotatable bonds is 6. The van der Waals surface area contributed by atoms with E-state index in [0.717, 1.165) is 10.0 Å². The van der Waals surface area contributed by atoms with Gasteiger partial charge in [0, 0.05) is 36.0 Å². The number of carbonyl (C=O) groups excluding carboxylic acids is 2. The lowest BCUT2D eigenvalue weighted by molar-refractivity contribution is -0.119. The van der Waals surface area contributed by atoms with Gasteiger partial charge in [-0.05, 0) is 31.2 Å². The Kier molecular flexibility index (Phi) is 6.38. The Hall–Kier alpha value is -2.71. The van der Waals surface area contributed by atoms with Gasteiger partial charge in [0.1, 0.15) is 17.1 Å². The van der Waals surface area contributed by atoms with Crippen molar-refractivity contribution in [1.29, 1.82) is 0 Å². The molecule has 1 spiro atoms. The topological polar surface area (TPSA) is 83.0 Å². The molecule has 2 heterocycles. The van der Waals surface area contributed by atoms with Crippen LogP contribution in [0.4, 0.5) is 5.69 Å². The highest BCUT2D eigenvalue weighted by Crippen LogP contribution is 2.29. The first kappa shape index (κ1) is 21.5. The Morgan fingerprint density at radius 2 is 1.90 bits per heavy atom. The Morgan fingerprint density at radius 3 is 2.61 bits per heavy atom. The monoisotopic (exact) mass is 484 g/mol. The van der Waals surface area contributed by atoms with Crippen molar-refractivity contribution in [3.8, 4) is 5.75 Å². The lowest BCUT2D eigenvalue weighted by Gasteiger charge is -2.36. The van der Waals surface area contributed by atoms with Crippen LogP contribution in [0.2, 0.25) is 0 Å². The molecule has 1 saturated heterocycles. The molecule has 0 saturated carbocycles. The number of para-hydroxylation sites is 2. The van der Waals surface area contributed by atoms with Crippen LogP contribution in [0.1, 0.15) is 25.3 Å². The maximum absolute atomic E-state index is 12.6. The van der Waals surface area contributed by atoms with Crippen LogP contribution >= 0.6 is 15.9 Å². The Balaban J connectivity index is 1.35. The van der Waals surface area contributed by atoms with Crippen molar-refractivity contribution in [2.75, 3.05) is 31.6 Å². The molecule has 2 N–H and O–H groups in total. The number of benzene rings is 2. The number of amides is 2. The van der Waals surface area contributed by atoms with E-state index >= 15 is 0 Å². The third-order valence-electron chi connectivity index (χ3n) is 5.52. The van der Waals surface area contributed by atoms with Crippen LogP contribution in [0.25, 0.3) is 0 Å². The number of hydrogen-bond acceptors (Lipinski definition) is 5. The highest BCUT2D eigenvalue weighted by atomic mass is 79.9. The fourth-order valence-electron chi connectivity index (χ4n) is 3.93. The first-order valence-corrected chi connectivity index (χ1v) is 11.2. The van der Waals surface area contributed by atoms with Gasteiger partial charge in [0.15, 0.2) is 0 Å². The van der Waals surface area contributed by atoms with Gasteiger partial charge >= 0.3 is 0 Å². The summed E-state index contributed by atoms with van der Waals surface area (Å²) in [7, 11) is 0. The molecule has 0 radical (unpaired) electrons. The smallest absolute Gasteiger partial charge is 0.272 e. The molecule has 2 aromatic carbocycles. The van der Waals surface area contributed by atoms with Gasteiger partial charge in [-0.15, -0.1) is 0 Å². The normalized spacial score (nSPS) is 17.9. The van der Waals surface area contributed by atoms with Crippen LogP contribution in [0.3, 0.4) is 0 Å². The second kappa shape index (κ2) is 9.20. The molecule has 2 aliphatic rings. The van der Waals surface area contributed by atoms with Gasteiger partial charge in [0.25, 0.3) is 5.91 Å². The van der Waals surface area contributed by atoms with Crippen molar-refractivity contribution < 1.29 is 14.3 Å². The summed E-state index contributed by atoms with van der Waals surface area (Å²) in [5.74, 6) is 0.443. The minimum absolute atomic E-state index is 0.0855. The van der Waals surface area contributed by atoms with E-state index in [1.165, 1.54) is 0 Å². The molecule has 0 bridgehead atoms. The zero-order chi connectivity index (χ0) is 21.8. The van der Waals surface area contributed by atoms with Gasteiger partial charge in [0.05, 0.1) is 18.8 Å². The van der Waals surface area contributed by atoms with Crippen molar-refractivity contribution in [2.45, 2.75) is 25.4 Å². The number of nitrogens with one attached hydrogen (secondary N) is 2. The maximum atomic E-state index is 12.6. The number of piperidine rings is 1. The molecule has 0 atom stereocenters. The van der Waals surface area contributed by atoms with Crippen molar-refractivity contribution in [2.24, 2.45) is 4.99 Å². The molecule has 4 rings (SSSR count). The molecule has 162 valence electrons. The first-order valence-electron chi connectivity index (χ1n) is 10.4. The fraction of sp³-hybridized carbons (Fsp3) is 0.348. The Bertz CT molecular complexity index is 998. The van der Waals surface area contributed by atoms with Gasteiger partial charge in [-0.2, -0.15) is 0 Å². The first-order chi connectivity index (χ1) is 15.0. The summed E-state index contributed by atoms with van der Waals surface area (Å²) in [5, 5.41) is 6.01. The van der Waals surface area contributed by atoms with Crippen LogP contribution in [0.15, 0.2) is 58.0 Å². The molecule has 1 fully saturated rings. The third kappa shape index (κ3) is 4.97. The summed E-state index contributed by atoms with van der Waals surface area (Å²) in [4.78, 5) is 32.0. The van der Waals surface area contributed by atoms with Crippen molar-refractivity contribution in [3.05, 3.63) is 58.6 Å². The van der Waals surface area contributed by atoms with Gasteiger partial charge in [-0.1, -0.05) is 40.2 Å². The average Bonchev–Trinajstić information content (AvgIpc) is 3.08. The Morgan fingerprint density at radius 1 is 1.19 bits per heavy atom. The lowest BCUT2D eigenvalue weighted by Crippen LogP contribution is -2.52. The van der Waals surface area contributed by atoms with Crippen molar-refractivity contribution >= 4 is 39.1 Å². The molecule has 31 heavy (non-hydrogen) atoms. The molecule has 2 aromatic rings. The predicted molar refractivity (Wildman–Crippen MR) is 123 cm³/mol. The molecule has 2 aliphatic heterocycles. The van der Waals surface area contributed by atoms with E-state index < -0.39 is 5.66 Å². The Labute approximate surface area is 190 Å². The molecular weight excluding hydrogens is 460 g/mol. The third-order valence-corrected chi connectivity index (χ3v) is 6.04. The lowest BCUT2D eigenvalue weighted by atomic mass is 9.98. The molecule has 2 amide bonds. The van der Waals surface area contributed by atoms with Gasteiger partial charge < -0.3 is 15.4 Å². The van der Waals surface area contributed by atoms with Crippen LogP contribution in [-0.4, -0.2) is 54.3 Å². The molecular formula is C23H25BrN4O3. The highest BCUT2D eigenvalue weighted by molar-refractivity contribution is 9.10. The second-order valence-corrected chi connectivity index (χ2v) is 8.62. The van der Waals surface area contributed by atoms with Gasteiger partial charge in [0.2, 0.25) is 5.91 Å². The van der Waals surface area contributed by atoms with Crippen molar-refractivity contribution in [1.82, 2.24) is 10.2 Å². The number of nitrogens with zero attached hydrogens (tertiary/aromatic N) is 2. The van der Waals surface area contributed by atoms with E-state index in [1.54, 1.807) is 0 Å². The summed E-state index contributed by atoms with van der Waals surface area (Å²) >= 11 is 3.41. The zero-order valence-corrected chi connectivity index (χ0v) is 18.9. The quantitative estimate of drug-likeness (QED) is 0.659. The minimum atomic E-state index is -0.575. The summed E-state index contributed by atoms with van der Waals surface area (Å²) < 4.78 is 6.53. The van der Waals surface area contributed by atoms with E-state index in [2.05, 4.69) is 31.5 Å². The molecule has 7 nitrogen and oxygen atoms in total. The van der Waals surface area contributed by atoms with Crippen LogP contribution in [0.5, 0.6) is 5.75 Å². The summed E-state index contributed by atoms with van der Waals surface area (Å²) in [6.45, 7) is 4.09. The molecule has 0 aromatic heterocycles. The molecule has 8 heteroatoms. The number of hydrogen-bond donors (Lipinski definition) is 2. The van der Waals surface area contributed by atoms with Crippen LogP contribution in [-0.2, 0) is 9.59 Å². The van der Waals surface area contributed by atoms with Crippen molar-refractivity contribution in [3.63, 3.8) is 0 Å². The van der Waals surface area contributed by atoms with Gasteiger partial charge in [-0.25, -0.2) is 0 Å². The number of halogens is 1. The van der Waals surface area contributed by atoms with E-state index in [0.29, 0.717) is 49.7 Å². The standard InChI is InChI=1S/C23H25BrN4O3/c1-2-31-19-6-4-3-5-18(19)25-20(29)15-28-13-11-23(12-14-28)26-21(22(30)27-23)16-7-9-17(24)10-8-16/h3-10H,2,11-15H2,1H3,(H,25,29)(H,27,30). The summed E-state index contributed by atoms with van der Waals surface area (Å²) in [6.07, 6.45) is 1.34. The SMILES string of the molecule is CCOc1ccccc1NC(=O)CN1CCC2(CC1)N=C(c1ccc(Br)cc1)C(=O)N2. The molecule has 0 unspecified atom stereocenters. The van der Waals surface area contributed by atoms with E-state index in [4.69, 9.17) is 9.73 Å². The summed E-state index contributed by atoms with van der Waals surface area (Å²) in [5.41, 5.74) is 1.39. The van der Waals surface area contributed by atoms with E-state index in [9.17, 15) is 9.59 Å². The molecule has 0 aliphatic carbocycles. The second-order valence-electron chi connectivity index (χ2n) is 7.71. The number of anilines is 1. The number of ether oxygens (including phenoxy) is 1. The van der Waals surface area contributed by atoms with Crippen LogP contribution in [0, 0.1) is 0 Å². The van der Waals surface area contributed by atoms with E-state index in [1.807, 2.05) is 55.5 Å². The minimum Gasteiger partial charge on any atom is -0.492 e. The highest BCUT2D eigenvalue weighted by Gasteiger charge is 2.42. The zero-order valence-electron chi connectivity index (χ0n) is 17.4. The summed E-state index contributed by atoms with van der Waals surface area (Å²) in [6, 6.07) is 15.0. The number of likely N-dealkylation sites (tertiary alicyclic amines) is 1. The maximum Gasteiger partial charge on any atom is 0.272 e. The largest absolute Gasteiger partial charge is 0.492 e. The fourth-order valence-corrected chi connectivity index (χ4v) is 4.19. The van der Waals surface area contributed by atoms with Gasteiger partial charge in [-0.3, -0.25) is 19.5 Å². The van der Waals surface area contributed by atoms with Crippen LogP contribution < -0.4 is 15.4 Å². The average molecular weight is 485 g/mol. The number of aliphatic imine (C=N–C) groups is 1.